The third kappa shape index (κ3) is 7.01. The second-order valence-electron chi connectivity index (χ2n) is 6.43. The van der Waals surface area contributed by atoms with Gasteiger partial charge in [0.1, 0.15) is 17.1 Å². The standard InChI is InChI=1S/C19H24F3N3O2.HI/c1-4-23-17(25-12-18(3,26)16-10-5-13(2)27-16)24-11-14-6-8-15(9-7-14)19(20,21)22;/h5-10,26H,4,11-12H2,1-3H3,(H2,23,24,25);1H. The van der Waals surface area contributed by atoms with Crippen LogP contribution in [0.3, 0.4) is 0 Å². The van der Waals surface area contributed by atoms with Crippen molar-refractivity contribution in [3.05, 3.63) is 59.0 Å². The van der Waals surface area contributed by atoms with Gasteiger partial charge in [-0.2, -0.15) is 13.2 Å². The van der Waals surface area contributed by atoms with E-state index in [1.165, 1.54) is 12.1 Å². The van der Waals surface area contributed by atoms with Gasteiger partial charge in [-0.3, -0.25) is 0 Å². The lowest BCUT2D eigenvalue weighted by molar-refractivity contribution is -0.137. The van der Waals surface area contributed by atoms with Crippen molar-refractivity contribution in [2.75, 3.05) is 13.1 Å². The van der Waals surface area contributed by atoms with Crippen molar-refractivity contribution in [1.29, 1.82) is 0 Å². The maximum Gasteiger partial charge on any atom is 0.416 e. The molecule has 0 aliphatic carbocycles. The molecule has 0 bridgehead atoms. The van der Waals surface area contributed by atoms with Crippen LogP contribution < -0.4 is 10.6 Å². The number of alkyl halides is 3. The molecule has 3 N–H and O–H groups in total. The molecule has 0 radical (unpaired) electrons. The number of halogens is 4. The molecule has 0 saturated heterocycles. The van der Waals surface area contributed by atoms with Crippen LogP contribution >= 0.6 is 24.0 Å². The van der Waals surface area contributed by atoms with Crippen molar-refractivity contribution in [2.24, 2.45) is 4.99 Å². The Balaban J connectivity index is 0.00000392. The highest BCUT2D eigenvalue weighted by Gasteiger charge is 2.30. The Hall–Kier alpha value is -1.75. The summed E-state index contributed by atoms with van der Waals surface area (Å²) >= 11 is 0. The molecule has 1 aromatic heterocycles. The van der Waals surface area contributed by atoms with Crippen LogP contribution in [0.25, 0.3) is 0 Å². The monoisotopic (exact) mass is 511 g/mol. The minimum absolute atomic E-state index is 0. The number of aryl methyl sites for hydroxylation is 1. The predicted octanol–water partition coefficient (Wildman–Crippen LogP) is 4.19. The summed E-state index contributed by atoms with van der Waals surface area (Å²) in [4.78, 5) is 4.35. The minimum Gasteiger partial charge on any atom is -0.463 e. The van der Waals surface area contributed by atoms with Gasteiger partial charge in [0.05, 0.1) is 18.7 Å². The first-order valence-electron chi connectivity index (χ1n) is 8.59. The van der Waals surface area contributed by atoms with Crippen LogP contribution in [-0.4, -0.2) is 24.2 Å². The fraction of sp³-hybridized carbons (Fsp3) is 0.421. The highest BCUT2D eigenvalue weighted by Crippen LogP contribution is 2.29. The molecule has 0 saturated carbocycles. The van der Waals surface area contributed by atoms with Gasteiger partial charge in [-0.25, -0.2) is 4.99 Å². The van der Waals surface area contributed by atoms with Gasteiger partial charge in [0.15, 0.2) is 5.96 Å². The van der Waals surface area contributed by atoms with E-state index in [0.717, 1.165) is 12.1 Å². The molecule has 0 fully saturated rings. The number of benzene rings is 1. The molecule has 1 aromatic carbocycles. The topological polar surface area (TPSA) is 69.8 Å². The molecule has 0 aliphatic heterocycles. The number of hydrogen-bond donors (Lipinski definition) is 3. The van der Waals surface area contributed by atoms with Crippen molar-refractivity contribution in [1.82, 2.24) is 10.6 Å². The van der Waals surface area contributed by atoms with E-state index >= 15 is 0 Å². The normalized spacial score (nSPS) is 14.2. The summed E-state index contributed by atoms with van der Waals surface area (Å²) in [7, 11) is 0. The molecule has 1 heterocycles. The van der Waals surface area contributed by atoms with Crippen molar-refractivity contribution in [2.45, 2.75) is 39.1 Å². The third-order valence-electron chi connectivity index (χ3n) is 3.92. The molecule has 28 heavy (non-hydrogen) atoms. The van der Waals surface area contributed by atoms with E-state index < -0.39 is 17.3 Å². The summed E-state index contributed by atoms with van der Waals surface area (Å²) < 4.78 is 43.3. The van der Waals surface area contributed by atoms with Crippen LogP contribution in [0.1, 0.15) is 36.5 Å². The molecule has 2 aromatic rings. The van der Waals surface area contributed by atoms with E-state index in [1.54, 1.807) is 26.0 Å². The number of aliphatic hydroxyl groups is 1. The molecule has 0 aliphatic rings. The number of nitrogens with zero attached hydrogens (tertiary/aromatic N) is 1. The average molecular weight is 511 g/mol. The largest absolute Gasteiger partial charge is 0.463 e. The molecule has 2 rings (SSSR count). The van der Waals surface area contributed by atoms with Crippen LogP contribution in [0.2, 0.25) is 0 Å². The first kappa shape index (κ1) is 24.3. The second-order valence-corrected chi connectivity index (χ2v) is 6.43. The lowest BCUT2D eigenvalue weighted by Gasteiger charge is -2.22. The van der Waals surface area contributed by atoms with Gasteiger partial charge in [0, 0.05) is 6.54 Å². The maximum atomic E-state index is 12.6. The van der Waals surface area contributed by atoms with Gasteiger partial charge in [0.2, 0.25) is 0 Å². The van der Waals surface area contributed by atoms with Gasteiger partial charge in [-0.05, 0) is 50.6 Å². The Morgan fingerprint density at radius 1 is 1.11 bits per heavy atom. The summed E-state index contributed by atoms with van der Waals surface area (Å²) in [6.07, 6.45) is -4.35. The van der Waals surface area contributed by atoms with E-state index in [4.69, 9.17) is 4.42 Å². The van der Waals surface area contributed by atoms with E-state index in [9.17, 15) is 18.3 Å². The summed E-state index contributed by atoms with van der Waals surface area (Å²) in [5, 5.41) is 16.6. The Labute approximate surface area is 179 Å². The predicted molar refractivity (Wildman–Crippen MR) is 113 cm³/mol. The lowest BCUT2D eigenvalue weighted by Crippen LogP contribution is -2.44. The Kier molecular flexibility index (Phi) is 8.80. The number of guanidine groups is 1. The van der Waals surface area contributed by atoms with Gasteiger partial charge >= 0.3 is 6.18 Å². The molecule has 0 amide bonds. The van der Waals surface area contributed by atoms with E-state index in [-0.39, 0.29) is 37.1 Å². The SMILES string of the molecule is CCNC(=NCc1ccc(C(F)(F)F)cc1)NCC(C)(O)c1ccc(C)o1.I. The molecule has 5 nitrogen and oxygen atoms in total. The highest BCUT2D eigenvalue weighted by atomic mass is 127. The fourth-order valence-electron chi connectivity index (χ4n) is 2.38. The molecular formula is C19H25F3IN3O2. The maximum absolute atomic E-state index is 12.6. The first-order valence-corrected chi connectivity index (χ1v) is 8.59. The van der Waals surface area contributed by atoms with Crippen molar-refractivity contribution in [3.8, 4) is 0 Å². The van der Waals surface area contributed by atoms with E-state index in [0.29, 0.717) is 29.6 Å². The zero-order valence-electron chi connectivity index (χ0n) is 15.9. The van der Waals surface area contributed by atoms with Crippen LogP contribution in [0.4, 0.5) is 13.2 Å². The molecule has 1 unspecified atom stereocenters. The summed E-state index contributed by atoms with van der Waals surface area (Å²) in [5.41, 5.74) is -1.28. The second kappa shape index (κ2) is 10.1. The number of nitrogens with one attached hydrogen (secondary N) is 2. The number of furan rings is 1. The van der Waals surface area contributed by atoms with Gasteiger partial charge < -0.3 is 20.2 Å². The van der Waals surface area contributed by atoms with Crippen LogP contribution in [0, 0.1) is 6.92 Å². The molecule has 9 heteroatoms. The van der Waals surface area contributed by atoms with Gasteiger partial charge in [-0.1, -0.05) is 12.1 Å². The smallest absolute Gasteiger partial charge is 0.416 e. The number of aliphatic imine (C=N–C) groups is 1. The third-order valence-corrected chi connectivity index (χ3v) is 3.92. The first-order chi connectivity index (χ1) is 12.6. The van der Waals surface area contributed by atoms with Crippen LogP contribution in [-0.2, 0) is 18.3 Å². The molecule has 0 spiro atoms. The molecule has 156 valence electrons. The summed E-state index contributed by atoms with van der Waals surface area (Å²) in [5.74, 6) is 1.58. The molecule has 1 atom stereocenters. The van der Waals surface area contributed by atoms with Gasteiger partial charge in [-0.15, -0.1) is 24.0 Å². The minimum atomic E-state index is -4.35. The fourth-order valence-corrected chi connectivity index (χ4v) is 2.38. The molecular weight excluding hydrogens is 486 g/mol. The number of rotatable bonds is 6. The Bertz CT molecular complexity index is 771. The lowest BCUT2D eigenvalue weighted by atomic mass is 10.0. The van der Waals surface area contributed by atoms with Crippen LogP contribution in [0.5, 0.6) is 0 Å². The summed E-state index contributed by atoms with van der Waals surface area (Å²) in [6, 6.07) is 8.36. The Morgan fingerprint density at radius 3 is 2.25 bits per heavy atom. The Morgan fingerprint density at radius 2 is 1.75 bits per heavy atom. The van der Waals surface area contributed by atoms with Gasteiger partial charge in [0.25, 0.3) is 0 Å². The van der Waals surface area contributed by atoms with Crippen molar-refractivity contribution in [3.63, 3.8) is 0 Å². The average Bonchev–Trinajstić information content (AvgIpc) is 3.04. The highest BCUT2D eigenvalue weighted by molar-refractivity contribution is 14.0. The quantitative estimate of drug-likeness (QED) is 0.309. The number of hydrogen-bond acceptors (Lipinski definition) is 3. The zero-order valence-corrected chi connectivity index (χ0v) is 18.3. The van der Waals surface area contributed by atoms with Crippen LogP contribution in [0.15, 0.2) is 45.8 Å². The zero-order chi connectivity index (χ0) is 20.1. The van der Waals surface area contributed by atoms with Crippen molar-refractivity contribution < 1.29 is 22.7 Å². The van der Waals surface area contributed by atoms with E-state index in [2.05, 4.69) is 15.6 Å². The van der Waals surface area contributed by atoms with Crippen molar-refractivity contribution >= 4 is 29.9 Å². The van der Waals surface area contributed by atoms with E-state index in [1.807, 2.05) is 6.92 Å². The summed E-state index contributed by atoms with van der Waals surface area (Å²) in [6.45, 7) is 6.26.